The van der Waals surface area contributed by atoms with Crippen molar-refractivity contribution in [1.29, 1.82) is 5.26 Å². The van der Waals surface area contributed by atoms with Crippen LogP contribution in [0.5, 0.6) is 5.75 Å². The fourth-order valence-corrected chi connectivity index (χ4v) is 5.06. The molecule has 5 rings (SSSR count). The van der Waals surface area contributed by atoms with E-state index in [1.165, 1.54) is 42.9 Å². The lowest BCUT2D eigenvalue weighted by Gasteiger charge is -2.35. The van der Waals surface area contributed by atoms with Gasteiger partial charge in [0, 0.05) is 19.2 Å². The maximum absolute atomic E-state index is 13.6. The molecule has 0 saturated heterocycles. The number of amides is 2. The quantitative estimate of drug-likeness (QED) is 0.425. The van der Waals surface area contributed by atoms with Crippen LogP contribution in [0.2, 0.25) is 0 Å². The van der Waals surface area contributed by atoms with Gasteiger partial charge in [-0.1, -0.05) is 6.07 Å². The molecule has 0 bridgehead atoms. The van der Waals surface area contributed by atoms with Crippen LogP contribution >= 0.6 is 0 Å². The molecule has 0 radical (unpaired) electrons. The van der Waals surface area contributed by atoms with Crippen molar-refractivity contribution in [3.05, 3.63) is 70.2 Å². The molecule has 3 aromatic rings. The number of nitriles is 1. The minimum absolute atomic E-state index is 0.0589. The fraction of sp³-hybridized carbons (Fsp3) is 0.370. The van der Waals surface area contributed by atoms with Crippen molar-refractivity contribution in [1.82, 2.24) is 25.4 Å². The van der Waals surface area contributed by atoms with Gasteiger partial charge >= 0.3 is 6.18 Å². The van der Waals surface area contributed by atoms with Gasteiger partial charge < -0.3 is 20.5 Å². The molecule has 2 aromatic heterocycles. The maximum Gasteiger partial charge on any atom is 0.422 e. The van der Waals surface area contributed by atoms with Gasteiger partial charge in [0.25, 0.3) is 11.8 Å². The predicted molar refractivity (Wildman–Crippen MR) is 134 cm³/mol. The van der Waals surface area contributed by atoms with Crippen LogP contribution in [0.3, 0.4) is 0 Å². The monoisotopic (exact) mass is 554 g/mol. The Bertz CT molecular complexity index is 1540. The Kier molecular flexibility index (Phi) is 6.54. The summed E-state index contributed by atoms with van der Waals surface area (Å²) < 4.78 is 43.9. The molecule has 3 heterocycles. The largest absolute Gasteiger partial charge is 0.484 e. The smallest absolute Gasteiger partial charge is 0.422 e. The zero-order valence-electron chi connectivity index (χ0n) is 21.6. The number of aryl methyl sites for hydroxylation is 1. The van der Waals surface area contributed by atoms with Crippen molar-refractivity contribution in [2.75, 3.05) is 13.2 Å². The third-order valence-electron chi connectivity index (χ3n) is 6.81. The number of alkyl halides is 3. The second-order valence-corrected chi connectivity index (χ2v) is 10.5. The van der Waals surface area contributed by atoms with Crippen LogP contribution in [0.15, 0.2) is 36.5 Å². The molecule has 10 nitrogen and oxygen atoms in total. The van der Waals surface area contributed by atoms with E-state index in [9.17, 15) is 27.9 Å². The van der Waals surface area contributed by atoms with Gasteiger partial charge in [-0.15, -0.1) is 0 Å². The lowest BCUT2D eigenvalue weighted by atomic mass is 9.82. The Morgan fingerprint density at radius 3 is 2.73 bits per heavy atom. The molecule has 2 amide bonds. The first kappa shape index (κ1) is 27.1. The zero-order chi connectivity index (χ0) is 28.9. The number of aliphatic hydroxyl groups is 1. The lowest BCUT2D eigenvalue weighted by molar-refractivity contribution is -0.153. The fourth-order valence-electron chi connectivity index (χ4n) is 5.06. The van der Waals surface area contributed by atoms with Crippen LogP contribution in [0, 0.1) is 11.3 Å². The number of ether oxygens (including phenoxy) is 1. The van der Waals surface area contributed by atoms with Gasteiger partial charge in [-0.25, -0.2) is 9.67 Å². The summed E-state index contributed by atoms with van der Waals surface area (Å²) in [5.41, 5.74) is 0.0296. The molecule has 0 saturated carbocycles. The first-order valence-electron chi connectivity index (χ1n) is 12.4. The van der Waals surface area contributed by atoms with E-state index in [2.05, 4.69) is 20.7 Å². The summed E-state index contributed by atoms with van der Waals surface area (Å²) in [7, 11) is 0. The number of pyridine rings is 1. The van der Waals surface area contributed by atoms with Gasteiger partial charge in [0.05, 0.1) is 28.0 Å². The average Bonchev–Trinajstić information content (AvgIpc) is 3.44. The van der Waals surface area contributed by atoms with Gasteiger partial charge in [-0.05, 0) is 62.1 Å². The van der Waals surface area contributed by atoms with Gasteiger partial charge in [0.15, 0.2) is 12.4 Å². The molecule has 40 heavy (non-hydrogen) atoms. The minimum Gasteiger partial charge on any atom is -0.484 e. The van der Waals surface area contributed by atoms with Crippen LogP contribution < -0.4 is 15.4 Å². The highest BCUT2D eigenvalue weighted by Gasteiger charge is 2.47. The predicted octanol–water partition coefficient (Wildman–Crippen LogP) is 2.71. The standard InChI is InChI=1S/C27H25F3N6O4/c1-25(2,39)13-33-24(38)22-21-19(35-36(22)20-6-3-15(11-31)12-32-20)10-26(34-23(21)37)8-7-16-9-17(4-5-18(16)26)40-14-27(28,29)30/h3-6,9,12,39H,7-8,10,13-14H2,1-2H3,(H,33,38)(H,34,37)/t26-/m0/s1. The van der Waals surface area contributed by atoms with E-state index >= 15 is 0 Å². The topological polar surface area (TPSA) is 142 Å². The normalized spacial score (nSPS) is 18.1. The van der Waals surface area contributed by atoms with E-state index in [0.29, 0.717) is 24.1 Å². The van der Waals surface area contributed by atoms with E-state index in [-0.39, 0.29) is 35.8 Å². The van der Waals surface area contributed by atoms with Crippen LogP contribution in [0.25, 0.3) is 5.82 Å². The van der Waals surface area contributed by atoms with Crippen LogP contribution in [-0.4, -0.2) is 56.6 Å². The van der Waals surface area contributed by atoms with E-state index in [1.807, 2.05) is 6.07 Å². The molecule has 13 heteroatoms. The maximum atomic E-state index is 13.6. The van der Waals surface area contributed by atoms with Crippen LogP contribution in [0.4, 0.5) is 13.2 Å². The number of nitrogens with zero attached hydrogens (tertiary/aromatic N) is 4. The minimum atomic E-state index is -4.46. The summed E-state index contributed by atoms with van der Waals surface area (Å²) in [6.45, 7) is 1.55. The Morgan fingerprint density at radius 2 is 2.08 bits per heavy atom. The van der Waals surface area contributed by atoms with Crippen molar-refractivity contribution in [2.45, 2.75) is 50.4 Å². The first-order valence-corrected chi connectivity index (χ1v) is 12.4. The van der Waals surface area contributed by atoms with E-state index in [4.69, 9.17) is 10.00 Å². The van der Waals surface area contributed by atoms with Crippen molar-refractivity contribution >= 4 is 11.8 Å². The molecule has 0 unspecified atom stereocenters. The summed E-state index contributed by atoms with van der Waals surface area (Å²) in [6.07, 6.45) is -1.96. The third-order valence-corrected chi connectivity index (χ3v) is 6.81. The number of nitrogens with one attached hydrogen (secondary N) is 2. The first-order chi connectivity index (χ1) is 18.8. The van der Waals surface area contributed by atoms with E-state index in [0.717, 1.165) is 11.1 Å². The number of benzene rings is 1. The number of hydrogen-bond donors (Lipinski definition) is 3. The summed E-state index contributed by atoms with van der Waals surface area (Å²) in [6, 6.07) is 9.62. The number of carbonyl (C=O) groups is 2. The van der Waals surface area contributed by atoms with Gasteiger partial charge in [0.1, 0.15) is 17.5 Å². The highest BCUT2D eigenvalue weighted by molar-refractivity contribution is 6.08. The molecule has 1 aliphatic carbocycles. The molecule has 208 valence electrons. The van der Waals surface area contributed by atoms with Crippen LogP contribution in [-0.2, 0) is 18.4 Å². The number of fused-ring (bicyclic) bond motifs is 3. The summed E-state index contributed by atoms with van der Waals surface area (Å²) in [5, 5.41) is 29.5. The van der Waals surface area contributed by atoms with Crippen molar-refractivity contribution in [3.8, 4) is 17.6 Å². The van der Waals surface area contributed by atoms with E-state index in [1.54, 1.807) is 12.1 Å². The molecule has 1 atom stereocenters. The molecular weight excluding hydrogens is 529 g/mol. The molecule has 3 N–H and O–H groups in total. The Morgan fingerprint density at radius 1 is 1.30 bits per heavy atom. The van der Waals surface area contributed by atoms with Crippen molar-refractivity contribution in [3.63, 3.8) is 0 Å². The second kappa shape index (κ2) is 9.63. The second-order valence-electron chi connectivity index (χ2n) is 10.5. The molecular formula is C27H25F3N6O4. The number of halogens is 3. The number of hydrogen-bond acceptors (Lipinski definition) is 7. The summed E-state index contributed by atoms with van der Waals surface area (Å²) >= 11 is 0. The Labute approximate surface area is 226 Å². The number of aromatic nitrogens is 3. The van der Waals surface area contributed by atoms with Gasteiger partial charge in [-0.3, -0.25) is 9.59 Å². The zero-order valence-corrected chi connectivity index (χ0v) is 21.6. The van der Waals surface area contributed by atoms with Gasteiger partial charge in [-0.2, -0.15) is 23.5 Å². The van der Waals surface area contributed by atoms with Crippen molar-refractivity contribution in [2.24, 2.45) is 0 Å². The summed E-state index contributed by atoms with van der Waals surface area (Å²) in [4.78, 5) is 31.2. The van der Waals surface area contributed by atoms with Crippen molar-refractivity contribution < 1.29 is 32.6 Å². The molecule has 1 spiro atoms. The number of carbonyl (C=O) groups excluding carboxylic acids is 2. The SMILES string of the molecule is CC(C)(O)CNC(=O)c1c2c(nn1-c1ccc(C#N)cn1)C[C@]1(CCc3cc(OCC(F)(F)F)ccc31)NC2=O. The Balaban J connectivity index is 1.53. The highest BCUT2D eigenvalue weighted by Crippen LogP contribution is 2.44. The molecule has 2 aliphatic rings. The molecule has 1 aromatic carbocycles. The van der Waals surface area contributed by atoms with Gasteiger partial charge in [0.2, 0.25) is 0 Å². The van der Waals surface area contributed by atoms with Crippen LogP contribution in [0.1, 0.15) is 63.5 Å². The third kappa shape index (κ3) is 5.22. The molecule has 1 aliphatic heterocycles. The molecule has 0 fully saturated rings. The van der Waals surface area contributed by atoms with E-state index < -0.39 is 35.7 Å². The Hall–Kier alpha value is -4.44. The average molecular weight is 555 g/mol. The highest BCUT2D eigenvalue weighted by atomic mass is 19.4. The summed E-state index contributed by atoms with van der Waals surface area (Å²) in [5.74, 6) is -0.897. The number of rotatable bonds is 6. The lowest BCUT2D eigenvalue weighted by Crippen LogP contribution is -2.50.